The first-order valence-electron chi connectivity index (χ1n) is 6.83. The summed E-state index contributed by atoms with van der Waals surface area (Å²) < 4.78 is 7.32. The second kappa shape index (κ2) is 5.44. The lowest BCUT2D eigenvalue weighted by atomic mass is 10.2. The minimum Gasteiger partial charge on any atom is -0.491 e. The molecule has 0 N–H and O–H groups in total. The number of nitrogens with zero attached hydrogens (tertiary/aromatic N) is 2. The Morgan fingerprint density at radius 3 is 2.81 bits per heavy atom. The van der Waals surface area contributed by atoms with Crippen molar-refractivity contribution in [1.29, 1.82) is 0 Å². The summed E-state index contributed by atoms with van der Waals surface area (Å²) in [6.45, 7) is 0.363. The number of aryl methyl sites for hydroxylation is 1. The average molecular weight is 284 g/mol. The summed E-state index contributed by atoms with van der Waals surface area (Å²) in [5.41, 5.74) is 1.24. The number of ketones is 1. The Kier molecular flexibility index (Phi) is 3.48. The van der Waals surface area contributed by atoms with Gasteiger partial charge in [-0.25, -0.2) is 0 Å². The van der Waals surface area contributed by atoms with Crippen LogP contribution in [0.15, 0.2) is 42.6 Å². The Hall–Kier alpha value is -2.56. The predicted octanol–water partition coefficient (Wildman–Crippen LogP) is 2.02. The first-order chi connectivity index (χ1) is 10.2. The molecule has 0 saturated heterocycles. The molecule has 0 radical (unpaired) electrons. The molecule has 0 fully saturated rings. The second-order valence-corrected chi connectivity index (χ2v) is 4.97. The minimum atomic E-state index is -0.0949. The van der Waals surface area contributed by atoms with Gasteiger partial charge in [0.05, 0.1) is 31.0 Å². The number of amides is 1. The third kappa shape index (κ3) is 2.54. The quantitative estimate of drug-likeness (QED) is 0.810. The molecule has 3 rings (SSSR count). The van der Waals surface area contributed by atoms with Gasteiger partial charge in [-0.3, -0.25) is 9.59 Å². The summed E-state index contributed by atoms with van der Waals surface area (Å²) >= 11 is 0. The fourth-order valence-corrected chi connectivity index (χ4v) is 2.47. The number of aromatic nitrogens is 1. The van der Waals surface area contributed by atoms with Crippen LogP contribution in [0.4, 0.5) is 5.69 Å². The molecule has 5 heteroatoms. The van der Waals surface area contributed by atoms with Gasteiger partial charge < -0.3 is 14.2 Å². The predicted molar refractivity (Wildman–Crippen MR) is 78.7 cm³/mol. The molecule has 0 bridgehead atoms. The summed E-state index contributed by atoms with van der Waals surface area (Å²) in [6, 6.07) is 10.9. The summed E-state index contributed by atoms with van der Waals surface area (Å²) in [7, 11) is 1.81. The number of carbonyl (C=O) groups excluding carboxylic acids is 2. The van der Waals surface area contributed by atoms with Gasteiger partial charge in [0.15, 0.2) is 5.78 Å². The number of Topliss-reactive ketones (excluding diaryl/α,β-unsaturated/α-hetero) is 1. The first-order valence-corrected chi connectivity index (χ1v) is 6.83. The summed E-state index contributed by atoms with van der Waals surface area (Å²) in [5.74, 6) is 0.457. The third-order valence-corrected chi connectivity index (χ3v) is 3.56. The number of ether oxygens (including phenoxy) is 1. The van der Waals surface area contributed by atoms with E-state index in [2.05, 4.69) is 0 Å². The molecule has 1 aliphatic heterocycles. The number of hydrogen-bond donors (Lipinski definition) is 0. The highest BCUT2D eigenvalue weighted by molar-refractivity contribution is 6.05. The van der Waals surface area contributed by atoms with Crippen LogP contribution in [0.2, 0.25) is 0 Å². The van der Waals surface area contributed by atoms with Crippen molar-refractivity contribution in [2.75, 3.05) is 18.1 Å². The Morgan fingerprint density at radius 1 is 1.24 bits per heavy atom. The average Bonchev–Trinajstić information content (AvgIpc) is 2.84. The molecular formula is C16H16N2O3. The zero-order valence-corrected chi connectivity index (χ0v) is 11.8. The maximum atomic E-state index is 12.4. The maximum Gasteiger partial charge on any atom is 0.230 e. The molecule has 1 aromatic heterocycles. The topological polar surface area (TPSA) is 51.5 Å². The van der Waals surface area contributed by atoms with Crippen molar-refractivity contribution in [3.05, 3.63) is 48.3 Å². The van der Waals surface area contributed by atoms with E-state index in [-0.39, 0.29) is 24.7 Å². The van der Waals surface area contributed by atoms with Crippen LogP contribution in [0.3, 0.4) is 0 Å². The monoisotopic (exact) mass is 284 g/mol. The van der Waals surface area contributed by atoms with Crippen LogP contribution in [0.25, 0.3) is 0 Å². The van der Waals surface area contributed by atoms with Gasteiger partial charge >= 0.3 is 0 Å². The van der Waals surface area contributed by atoms with E-state index < -0.39 is 0 Å². The van der Waals surface area contributed by atoms with Gasteiger partial charge in [-0.2, -0.15) is 0 Å². The lowest BCUT2D eigenvalue weighted by Gasteiger charge is -2.21. The van der Waals surface area contributed by atoms with Gasteiger partial charge in [0, 0.05) is 13.2 Å². The van der Waals surface area contributed by atoms with Crippen molar-refractivity contribution in [2.24, 2.45) is 7.05 Å². The van der Waals surface area contributed by atoms with Crippen LogP contribution in [-0.4, -0.2) is 29.4 Å². The lowest BCUT2D eigenvalue weighted by Crippen LogP contribution is -2.35. The standard InChI is InChI=1S/C16H16N2O3/c1-17-9-4-6-12(17)14(19)11-18-13-5-2-3-7-15(13)21-10-8-16(18)20/h2-7,9H,8,10-11H2,1H3. The molecule has 0 atom stereocenters. The highest BCUT2D eigenvalue weighted by atomic mass is 16.5. The van der Waals surface area contributed by atoms with Crippen molar-refractivity contribution >= 4 is 17.4 Å². The Bertz CT molecular complexity index is 690. The molecule has 21 heavy (non-hydrogen) atoms. The van der Waals surface area contributed by atoms with E-state index >= 15 is 0 Å². The highest BCUT2D eigenvalue weighted by Gasteiger charge is 2.25. The van der Waals surface area contributed by atoms with E-state index in [4.69, 9.17) is 4.74 Å². The Balaban J connectivity index is 1.91. The molecule has 2 aromatic rings. The van der Waals surface area contributed by atoms with Gasteiger partial charge in [0.1, 0.15) is 5.75 Å². The molecule has 0 spiro atoms. The summed E-state index contributed by atoms with van der Waals surface area (Å²) in [5, 5.41) is 0. The summed E-state index contributed by atoms with van der Waals surface area (Å²) in [6.07, 6.45) is 2.09. The number of fused-ring (bicyclic) bond motifs is 1. The minimum absolute atomic E-state index is 0.0249. The SMILES string of the molecule is Cn1cccc1C(=O)CN1C(=O)CCOc2ccccc21. The van der Waals surface area contributed by atoms with E-state index in [1.807, 2.05) is 37.5 Å². The normalized spacial score (nSPS) is 14.3. The number of hydrogen-bond acceptors (Lipinski definition) is 3. The first kappa shape index (κ1) is 13.4. The van der Waals surface area contributed by atoms with Gasteiger partial charge in [0.25, 0.3) is 0 Å². The fraction of sp³-hybridized carbons (Fsp3) is 0.250. The van der Waals surface area contributed by atoms with Gasteiger partial charge in [-0.05, 0) is 24.3 Å². The zero-order chi connectivity index (χ0) is 14.8. The maximum absolute atomic E-state index is 12.4. The number of anilines is 1. The molecule has 2 heterocycles. The zero-order valence-electron chi connectivity index (χ0n) is 11.8. The molecule has 0 saturated carbocycles. The molecular weight excluding hydrogens is 268 g/mol. The number of carbonyl (C=O) groups is 2. The smallest absolute Gasteiger partial charge is 0.230 e. The molecule has 5 nitrogen and oxygen atoms in total. The van der Waals surface area contributed by atoms with E-state index in [0.29, 0.717) is 23.7 Å². The van der Waals surface area contributed by atoms with Crippen LogP contribution in [0.5, 0.6) is 5.75 Å². The van der Waals surface area contributed by atoms with E-state index in [0.717, 1.165) is 0 Å². The molecule has 108 valence electrons. The van der Waals surface area contributed by atoms with Crippen molar-refractivity contribution in [1.82, 2.24) is 4.57 Å². The second-order valence-electron chi connectivity index (χ2n) is 4.97. The van der Waals surface area contributed by atoms with Crippen LogP contribution in [0.1, 0.15) is 16.9 Å². The van der Waals surface area contributed by atoms with Crippen LogP contribution < -0.4 is 9.64 Å². The third-order valence-electron chi connectivity index (χ3n) is 3.56. The largest absolute Gasteiger partial charge is 0.491 e. The molecule has 1 aliphatic rings. The number of rotatable bonds is 3. The van der Waals surface area contributed by atoms with E-state index in [1.54, 1.807) is 16.7 Å². The lowest BCUT2D eigenvalue weighted by molar-refractivity contribution is -0.118. The van der Waals surface area contributed by atoms with E-state index in [1.165, 1.54) is 4.90 Å². The van der Waals surface area contributed by atoms with Gasteiger partial charge in [-0.15, -0.1) is 0 Å². The Labute approximate surface area is 122 Å². The van der Waals surface area contributed by atoms with Crippen LogP contribution >= 0.6 is 0 Å². The number of benzene rings is 1. The number of para-hydroxylation sites is 2. The Morgan fingerprint density at radius 2 is 2.05 bits per heavy atom. The van der Waals surface area contributed by atoms with Crippen LogP contribution in [0, 0.1) is 0 Å². The highest BCUT2D eigenvalue weighted by Crippen LogP contribution is 2.31. The van der Waals surface area contributed by atoms with Crippen molar-refractivity contribution in [2.45, 2.75) is 6.42 Å². The summed E-state index contributed by atoms with van der Waals surface area (Å²) in [4.78, 5) is 26.2. The van der Waals surface area contributed by atoms with Crippen molar-refractivity contribution in [3.63, 3.8) is 0 Å². The van der Waals surface area contributed by atoms with Gasteiger partial charge in [0.2, 0.25) is 5.91 Å². The fourth-order valence-electron chi connectivity index (χ4n) is 2.47. The van der Waals surface area contributed by atoms with E-state index in [9.17, 15) is 9.59 Å². The molecule has 1 amide bonds. The van der Waals surface area contributed by atoms with Gasteiger partial charge in [-0.1, -0.05) is 12.1 Å². The molecule has 1 aromatic carbocycles. The van der Waals surface area contributed by atoms with Crippen LogP contribution in [-0.2, 0) is 11.8 Å². The van der Waals surface area contributed by atoms with Crippen molar-refractivity contribution in [3.8, 4) is 5.75 Å². The molecule has 0 aliphatic carbocycles. The molecule has 0 unspecified atom stereocenters. The van der Waals surface area contributed by atoms with Crippen molar-refractivity contribution < 1.29 is 14.3 Å².